The van der Waals surface area contributed by atoms with E-state index in [1.54, 1.807) is 0 Å². The van der Waals surface area contributed by atoms with Crippen molar-refractivity contribution in [3.63, 3.8) is 0 Å². The van der Waals surface area contributed by atoms with E-state index in [4.69, 9.17) is 4.74 Å². The molecule has 144 valence electrons. The Labute approximate surface area is 166 Å². The number of hydrogen-bond acceptors (Lipinski definition) is 1. The van der Waals surface area contributed by atoms with Gasteiger partial charge < -0.3 is 4.74 Å². The maximum Gasteiger partial charge on any atom is 0.119 e. The Hall–Kier alpha value is -2.12. The lowest BCUT2D eigenvalue weighted by molar-refractivity contribution is 0.294. The van der Waals surface area contributed by atoms with Crippen molar-refractivity contribution < 1.29 is 4.74 Å². The van der Waals surface area contributed by atoms with Crippen LogP contribution in [0.3, 0.4) is 0 Å². The first-order chi connectivity index (χ1) is 13.3. The second-order valence-electron chi connectivity index (χ2n) is 7.42. The minimum atomic E-state index is 0.584. The molecule has 1 aromatic carbocycles. The molecule has 0 N–H and O–H groups in total. The van der Waals surface area contributed by atoms with E-state index in [0.717, 1.165) is 17.2 Å². The first-order valence-electron chi connectivity index (χ1n) is 10.7. The molecule has 0 amide bonds. The minimum Gasteiger partial charge on any atom is -0.494 e. The van der Waals surface area contributed by atoms with E-state index in [2.05, 4.69) is 30.6 Å². The summed E-state index contributed by atoms with van der Waals surface area (Å²) in [6.07, 6.45) is 16.0. The van der Waals surface area contributed by atoms with Gasteiger partial charge in [-0.25, -0.2) is 0 Å². The van der Waals surface area contributed by atoms with E-state index in [1.165, 1.54) is 57.8 Å². The summed E-state index contributed by atoms with van der Waals surface area (Å²) in [5.74, 6) is 15.2. The fourth-order valence-electron chi connectivity index (χ4n) is 3.63. The molecule has 0 unspecified atom stereocenters. The lowest BCUT2D eigenvalue weighted by atomic mass is 9.80. The van der Waals surface area contributed by atoms with Gasteiger partial charge in [0.15, 0.2) is 0 Å². The second kappa shape index (κ2) is 13.1. The molecule has 1 fully saturated rings. The van der Waals surface area contributed by atoms with Crippen molar-refractivity contribution in [1.29, 1.82) is 0 Å². The van der Waals surface area contributed by atoms with Gasteiger partial charge in [-0.1, -0.05) is 62.7 Å². The lowest BCUT2D eigenvalue weighted by Crippen LogP contribution is -2.13. The molecular formula is C26H34O. The fraction of sp³-hybridized carbons (Fsp3) is 0.538. The van der Waals surface area contributed by atoms with Crippen LogP contribution >= 0.6 is 0 Å². The zero-order chi connectivity index (χ0) is 19.2. The number of ether oxygens (including phenoxy) is 1. The van der Waals surface area contributed by atoms with Crippen LogP contribution in [0.1, 0.15) is 77.2 Å². The van der Waals surface area contributed by atoms with Crippen LogP contribution in [-0.2, 0) is 0 Å². The molecule has 0 heterocycles. The van der Waals surface area contributed by atoms with Crippen molar-refractivity contribution >= 4 is 0 Å². The standard InChI is InChI=1S/C26H34O/c1-3-5-6-9-12-23-15-17-24(18-16-23)13-10-7-8-11-14-25-19-21-26(22-20-25)27-4-2/h7-8,19-24H,3-6,9,12,15-18H2,1-2H3. The zero-order valence-corrected chi connectivity index (χ0v) is 17.1. The molecule has 27 heavy (non-hydrogen) atoms. The number of allylic oxidation sites excluding steroid dienone is 2. The van der Waals surface area contributed by atoms with Crippen LogP contribution in [0, 0.1) is 35.5 Å². The summed E-state index contributed by atoms with van der Waals surface area (Å²) >= 11 is 0. The van der Waals surface area contributed by atoms with Crippen LogP contribution in [0.25, 0.3) is 0 Å². The molecule has 0 radical (unpaired) electrons. The summed E-state index contributed by atoms with van der Waals surface area (Å²) in [5.41, 5.74) is 0.994. The summed E-state index contributed by atoms with van der Waals surface area (Å²) in [4.78, 5) is 0. The van der Waals surface area contributed by atoms with Crippen LogP contribution in [0.4, 0.5) is 0 Å². The van der Waals surface area contributed by atoms with Gasteiger partial charge in [0.1, 0.15) is 5.75 Å². The van der Waals surface area contributed by atoms with Gasteiger partial charge in [-0.2, -0.15) is 0 Å². The molecule has 1 aliphatic carbocycles. The Morgan fingerprint density at radius 1 is 0.926 bits per heavy atom. The number of rotatable bonds is 7. The molecule has 0 saturated heterocycles. The SMILES string of the molecule is CCCCCCC1CCC(C#CC=CC#Cc2ccc(OCC)cc2)CC1. The molecule has 0 bridgehead atoms. The summed E-state index contributed by atoms with van der Waals surface area (Å²) in [7, 11) is 0. The topological polar surface area (TPSA) is 9.23 Å². The maximum atomic E-state index is 5.43. The highest BCUT2D eigenvalue weighted by atomic mass is 16.5. The third-order valence-corrected chi connectivity index (χ3v) is 5.23. The van der Waals surface area contributed by atoms with Crippen LogP contribution in [0.5, 0.6) is 5.75 Å². The quantitative estimate of drug-likeness (QED) is 0.384. The Balaban J connectivity index is 1.67. The highest BCUT2D eigenvalue weighted by Crippen LogP contribution is 2.31. The van der Waals surface area contributed by atoms with Crippen molar-refractivity contribution in [2.75, 3.05) is 6.61 Å². The Morgan fingerprint density at radius 2 is 1.67 bits per heavy atom. The molecule has 0 aromatic heterocycles. The van der Waals surface area contributed by atoms with Crippen molar-refractivity contribution in [2.24, 2.45) is 11.8 Å². The molecule has 0 spiro atoms. The van der Waals surface area contributed by atoms with Gasteiger partial charge in [0.25, 0.3) is 0 Å². The third-order valence-electron chi connectivity index (χ3n) is 5.23. The van der Waals surface area contributed by atoms with Gasteiger partial charge in [-0.05, 0) is 74.9 Å². The van der Waals surface area contributed by atoms with Gasteiger partial charge in [-0.3, -0.25) is 0 Å². The Morgan fingerprint density at radius 3 is 2.37 bits per heavy atom. The average Bonchev–Trinajstić information content (AvgIpc) is 2.70. The summed E-state index contributed by atoms with van der Waals surface area (Å²) in [6, 6.07) is 7.88. The Bertz CT molecular complexity index is 667. The predicted octanol–water partition coefficient (Wildman–Crippen LogP) is 6.77. The van der Waals surface area contributed by atoms with Gasteiger partial charge in [-0.15, -0.1) is 0 Å². The van der Waals surface area contributed by atoms with Crippen LogP contribution in [0.15, 0.2) is 36.4 Å². The van der Waals surface area contributed by atoms with E-state index in [-0.39, 0.29) is 0 Å². The molecule has 0 atom stereocenters. The largest absolute Gasteiger partial charge is 0.494 e. The number of unbranched alkanes of at least 4 members (excludes halogenated alkanes) is 3. The van der Waals surface area contributed by atoms with Gasteiger partial charge >= 0.3 is 0 Å². The molecule has 0 aliphatic heterocycles. The van der Waals surface area contributed by atoms with Crippen molar-refractivity contribution in [1.82, 2.24) is 0 Å². The fourth-order valence-corrected chi connectivity index (χ4v) is 3.63. The molecular weight excluding hydrogens is 328 g/mol. The van der Waals surface area contributed by atoms with Crippen molar-refractivity contribution in [3.8, 4) is 29.4 Å². The minimum absolute atomic E-state index is 0.584. The summed E-state index contributed by atoms with van der Waals surface area (Å²) in [6.45, 7) is 4.96. The van der Waals surface area contributed by atoms with Gasteiger partial charge in [0.05, 0.1) is 6.61 Å². The molecule has 2 rings (SSSR count). The highest BCUT2D eigenvalue weighted by Gasteiger charge is 2.19. The smallest absolute Gasteiger partial charge is 0.119 e. The third kappa shape index (κ3) is 8.88. The second-order valence-corrected chi connectivity index (χ2v) is 7.42. The van der Waals surface area contributed by atoms with E-state index >= 15 is 0 Å². The first-order valence-corrected chi connectivity index (χ1v) is 10.7. The highest BCUT2D eigenvalue weighted by molar-refractivity contribution is 5.40. The van der Waals surface area contributed by atoms with Crippen molar-refractivity contribution in [3.05, 3.63) is 42.0 Å². The van der Waals surface area contributed by atoms with Gasteiger partial charge in [0.2, 0.25) is 0 Å². The molecule has 1 heteroatoms. The first kappa shape index (κ1) is 21.2. The summed E-state index contributed by atoms with van der Waals surface area (Å²) < 4.78 is 5.43. The van der Waals surface area contributed by atoms with E-state index in [0.29, 0.717) is 12.5 Å². The van der Waals surface area contributed by atoms with Crippen molar-refractivity contribution in [2.45, 2.75) is 71.6 Å². The van der Waals surface area contributed by atoms with Crippen LogP contribution < -0.4 is 4.74 Å². The molecule has 1 aliphatic rings. The van der Waals surface area contributed by atoms with E-state index < -0.39 is 0 Å². The normalized spacial score (nSPS) is 19.0. The van der Waals surface area contributed by atoms with Crippen LogP contribution in [-0.4, -0.2) is 6.61 Å². The maximum absolute atomic E-state index is 5.43. The van der Waals surface area contributed by atoms with E-state index in [9.17, 15) is 0 Å². The Kier molecular flexibility index (Phi) is 10.3. The molecule has 1 nitrogen and oxygen atoms in total. The zero-order valence-electron chi connectivity index (χ0n) is 17.1. The monoisotopic (exact) mass is 362 g/mol. The number of hydrogen-bond donors (Lipinski definition) is 0. The molecule has 1 saturated carbocycles. The van der Waals surface area contributed by atoms with Gasteiger partial charge in [0, 0.05) is 11.5 Å². The van der Waals surface area contributed by atoms with E-state index in [1.807, 2.05) is 43.3 Å². The predicted molar refractivity (Wildman–Crippen MR) is 116 cm³/mol. The molecule has 1 aromatic rings. The lowest BCUT2D eigenvalue weighted by Gasteiger charge is -2.25. The number of benzene rings is 1. The summed E-state index contributed by atoms with van der Waals surface area (Å²) in [5, 5.41) is 0. The average molecular weight is 363 g/mol. The van der Waals surface area contributed by atoms with Crippen LogP contribution in [0.2, 0.25) is 0 Å².